The Balaban J connectivity index is 1.44. The number of anilines is 2. The zero-order chi connectivity index (χ0) is 24.5. The lowest BCUT2D eigenvalue weighted by Crippen LogP contribution is -2.29. The molecule has 3 aromatic carbocycles. The number of carbonyl (C=O) groups excluding carboxylic acids is 2. The summed E-state index contributed by atoms with van der Waals surface area (Å²) in [5, 5.41) is 3.05. The van der Waals surface area contributed by atoms with Gasteiger partial charge < -0.3 is 10.1 Å². The smallest absolute Gasteiger partial charge is 0.338 e. The number of rotatable bonds is 6. The molecule has 0 saturated heterocycles. The summed E-state index contributed by atoms with van der Waals surface area (Å²) in [6.45, 7) is -0.306. The molecule has 0 aliphatic carbocycles. The van der Waals surface area contributed by atoms with Crippen molar-refractivity contribution in [1.29, 1.82) is 0 Å². The van der Waals surface area contributed by atoms with Crippen molar-refractivity contribution in [3.05, 3.63) is 86.9 Å². The van der Waals surface area contributed by atoms with Gasteiger partial charge in [0, 0.05) is 6.54 Å². The standard InChI is InChI=1S/C23H17Cl3N2O5S/c24-17-11-19(26)20(12-18(17)25)27-22(29)13-33-23(30)15-5-3-6-16(10-15)34(31,32)28-9-8-14-4-1-2-7-21(14)28/h1-7,10-12H,8-9,13H2,(H,27,29). The molecule has 7 nitrogen and oxygen atoms in total. The van der Waals surface area contributed by atoms with Gasteiger partial charge in [-0.1, -0.05) is 59.1 Å². The Morgan fingerprint density at radius 3 is 2.47 bits per heavy atom. The van der Waals surface area contributed by atoms with Gasteiger partial charge in [0.25, 0.3) is 15.9 Å². The van der Waals surface area contributed by atoms with Crippen molar-refractivity contribution in [2.45, 2.75) is 11.3 Å². The Morgan fingerprint density at radius 1 is 0.941 bits per heavy atom. The molecular weight excluding hydrogens is 523 g/mol. The summed E-state index contributed by atoms with van der Waals surface area (Å²) < 4.78 is 32.8. The maximum atomic E-state index is 13.2. The fourth-order valence-electron chi connectivity index (χ4n) is 3.49. The molecule has 0 saturated carbocycles. The molecule has 0 radical (unpaired) electrons. The molecule has 0 bridgehead atoms. The van der Waals surface area contributed by atoms with Gasteiger partial charge in [0.1, 0.15) is 0 Å². The molecule has 176 valence electrons. The van der Waals surface area contributed by atoms with Crippen LogP contribution in [-0.4, -0.2) is 33.4 Å². The highest BCUT2D eigenvalue weighted by atomic mass is 35.5. The number of carbonyl (C=O) groups is 2. The molecule has 1 aliphatic rings. The number of halogens is 3. The first-order valence-corrected chi connectivity index (χ1v) is 12.6. The van der Waals surface area contributed by atoms with Crippen molar-refractivity contribution in [2.75, 3.05) is 22.8 Å². The third-order valence-corrected chi connectivity index (χ3v) is 7.96. The minimum atomic E-state index is -3.88. The number of fused-ring (bicyclic) bond motifs is 1. The minimum absolute atomic E-state index is 0.00562. The highest BCUT2D eigenvalue weighted by Crippen LogP contribution is 2.33. The van der Waals surface area contributed by atoms with E-state index in [0.29, 0.717) is 18.7 Å². The lowest BCUT2D eigenvalue weighted by molar-refractivity contribution is -0.119. The number of nitrogens with zero attached hydrogens (tertiary/aromatic N) is 1. The number of esters is 1. The fourth-order valence-corrected chi connectivity index (χ4v) is 5.63. The molecule has 0 unspecified atom stereocenters. The van der Waals surface area contributed by atoms with Crippen molar-refractivity contribution < 1.29 is 22.7 Å². The molecule has 3 aromatic rings. The van der Waals surface area contributed by atoms with E-state index in [1.54, 1.807) is 12.1 Å². The molecule has 11 heteroatoms. The van der Waals surface area contributed by atoms with E-state index in [4.69, 9.17) is 39.5 Å². The highest BCUT2D eigenvalue weighted by Gasteiger charge is 2.31. The van der Waals surface area contributed by atoms with Crippen molar-refractivity contribution in [3.63, 3.8) is 0 Å². The molecule has 0 spiro atoms. The van der Waals surface area contributed by atoms with Crippen molar-refractivity contribution in [1.82, 2.24) is 0 Å². The van der Waals surface area contributed by atoms with Crippen LogP contribution in [0.2, 0.25) is 15.1 Å². The van der Waals surface area contributed by atoms with Gasteiger partial charge >= 0.3 is 5.97 Å². The third-order valence-electron chi connectivity index (χ3n) is 5.12. The van der Waals surface area contributed by atoms with Gasteiger partial charge in [-0.25, -0.2) is 13.2 Å². The Kier molecular flexibility index (Phi) is 7.04. The predicted molar refractivity (Wildman–Crippen MR) is 132 cm³/mol. The fraction of sp³-hybridized carbons (Fsp3) is 0.130. The first kappa shape index (κ1) is 24.3. The quantitative estimate of drug-likeness (QED) is 0.344. The van der Waals surface area contributed by atoms with Crippen molar-refractivity contribution in [3.8, 4) is 0 Å². The molecule has 0 atom stereocenters. The molecule has 1 amide bonds. The van der Waals surface area contributed by atoms with E-state index in [1.165, 1.54) is 40.7 Å². The van der Waals surface area contributed by atoms with Gasteiger partial charge in [-0.2, -0.15) is 0 Å². The first-order chi connectivity index (χ1) is 16.2. The molecule has 34 heavy (non-hydrogen) atoms. The Hall–Kier alpha value is -2.78. The van der Waals surface area contributed by atoms with E-state index >= 15 is 0 Å². The lowest BCUT2D eigenvalue weighted by Gasteiger charge is -2.19. The largest absolute Gasteiger partial charge is 0.452 e. The van der Waals surface area contributed by atoms with Crippen LogP contribution in [0, 0.1) is 0 Å². The van der Waals surface area contributed by atoms with E-state index in [9.17, 15) is 18.0 Å². The second kappa shape index (κ2) is 9.84. The molecule has 4 rings (SSSR count). The zero-order valence-electron chi connectivity index (χ0n) is 17.4. The number of nitrogens with one attached hydrogen (secondary N) is 1. The highest BCUT2D eigenvalue weighted by molar-refractivity contribution is 7.92. The monoisotopic (exact) mass is 538 g/mol. The minimum Gasteiger partial charge on any atom is -0.452 e. The van der Waals surface area contributed by atoms with Crippen LogP contribution in [0.4, 0.5) is 11.4 Å². The Morgan fingerprint density at radius 2 is 1.68 bits per heavy atom. The third kappa shape index (κ3) is 5.00. The van der Waals surface area contributed by atoms with Crippen LogP contribution < -0.4 is 9.62 Å². The summed E-state index contributed by atoms with van der Waals surface area (Å²) in [6, 6.07) is 15.5. The SMILES string of the molecule is O=C(COC(=O)c1cccc(S(=O)(=O)N2CCc3ccccc32)c1)Nc1cc(Cl)c(Cl)cc1Cl. The summed E-state index contributed by atoms with van der Waals surface area (Å²) in [4.78, 5) is 24.6. The van der Waals surface area contributed by atoms with Crippen molar-refractivity contribution >= 4 is 68.1 Å². The number of sulfonamides is 1. The molecular formula is C23H17Cl3N2O5S. The number of hydrogen-bond donors (Lipinski definition) is 1. The van der Waals surface area contributed by atoms with E-state index in [1.807, 2.05) is 12.1 Å². The predicted octanol–water partition coefficient (Wildman–Crippen LogP) is 5.19. The molecule has 0 aromatic heterocycles. The van der Waals surface area contributed by atoms with Gasteiger partial charge in [0.15, 0.2) is 6.61 Å². The van der Waals surface area contributed by atoms with Gasteiger partial charge in [0.2, 0.25) is 0 Å². The van der Waals surface area contributed by atoms with Crippen LogP contribution >= 0.6 is 34.8 Å². The normalized spacial score (nSPS) is 12.9. The Bertz CT molecular complexity index is 1400. The summed E-state index contributed by atoms with van der Waals surface area (Å²) >= 11 is 17.8. The first-order valence-electron chi connectivity index (χ1n) is 9.99. The second-order valence-corrected chi connectivity index (χ2v) is 10.4. The topological polar surface area (TPSA) is 92.8 Å². The van der Waals surface area contributed by atoms with E-state index in [2.05, 4.69) is 5.32 Å². The van der Waals surface area contributed by atoms with Crippen LogP contribution in [0.5, 0.6) is 0 Å². The van der Waals surface area contributed by atoms with Crippen LogP contribution in [0.25, 0.3) is 0 Å². The molecule has 1 N–H and O–H groups in total. The maximum Gasteiger partial charge on any atom is 0.338 e. The average molecular weight is 540 g/mol. The Labute approximate surface area is 211 Å². The van der Waals surface area contributed by atoms with Gasteiger partial charge in [-0.05, 0) is 48.4 Å². The van der Waals surface area contributed by atoms with E-state index < -0.39 is 28.5 Å². The maximum absolute atomic E-state index is 13.2. The molecule has 1 aliphatic heterocycles. The van der Waals surface area contributed by atoms with Crippen LogP contribution in [0.1, 0.15) is 15.9 Å². The van der Waals surface area contributed by atoms with Crippen LogP contribution in [-0.2, 0) is 26.0 Å². The van der Waals surface area contributed by atoms with Gasteiger partial charge in [-0.15, -0.1) is 0 Å². The van der Waals surface area contributed by atoms with Gasteiger partial charge in [-0.3, -0.25) is 9.10 Å². The van der Waals surface area contributed by atoms with E-state index in [0.717, 1.165) is 5.56 Å². The van der Waals surface area contributed by atoms with E-state index in [-0.39, 0.29) is 31.2 Å². The summed E-state index contributed by atoms with van der Waals surface area (Å²) in [6.07, 6.45) is 0.606. The number of para-hydroxylation sites is 1. The number of ether oxygens (including phenoxy) is 1. The number of hydrogen-bond acceptors (Lipinski definition) is 5. The summed E-state index contributed by atoms with van der Waals surface area (Å²) in [7, 11) is -3.88. The average Bonchev–Trinajstić information content (AvgIpc) is 3.26. The van der Waals surface area contributed by atoms with Gasteiger partial charge in [0.05, 0.1) is 36.9 Å². The lowest BCUT2D eigenvalue weighted by atomic mass is 10.2. The van der Waals surface area contributed by atoms with Crippen LogP contribution in [0.3, 0.4) is 0 Å². The molecule has 1 heterocycles. The zero-order valence-corrected chi connectivity index (χ0v) is 20.5. The summed E-state index contributed by atoms with van der Waals surface area (Å²) in [5.41, 5.74) is 1.76. The summed E-state index contributed by atoms with van der Waals surface area (Å²) in [5.74, 6) is -1.51. The number of amides is 1. The van der Waals surface area contributed by atoms with Crippen molar-refractivity contribution in [2.24, 2.45) is 0 Å². The second-order valence-electron chi connectivity index (χ2n) is 7.35. The molecule has 0 fully saturated rings. The number of benzene rings is 3. The van der Waals surface area contributed by atoms with Crippen LogP contribution in [0.15, 0.2) is 65.6 Å².